The summed E-state index contributed by atoms with van der Waals surface area (Å²) in [6.07, 6.45) is -4.74. The van der Waals surface area contributed by atoms with Crippen molar-refractivity contribution >= 4 is 11.9 Å². The second kappa shape index (κ2) is 18.9. The number of fused-ring (bicyclic) bond motifs is 2. The first kappa shape index (κ1) is 43.3. The molecule has 10 heteroatoms. The van der Waals surface area contributed by atoms with Crippen LogP contribution in [0.15, 0.2) is 146 Å². The zero-order valence-corrected chi connectivity index (χ0v) is 35.9. The Labute approximate surface area is 364 Å². The van der Waals surface area contributed by atoms with E-state index in [1.165, 1.54) is 0 Å². The summed E-state index contributed by atoms with van der Waals surface area (Å²) in [5.74, 6) is -0.331. The molecular weight excluding hydrogens is 785 g/mol. The van der Waals surface area contributed by atoms with Gasteiger partial charge in [0.15, 0.2) is 6.10 Å². The van der Waals surface area contributed by atoms with Crippen LogP contribution in [0.1, 0.15) is 61.4 Å². The highest BCUT2D eigenvalue weighted by atomic mass is 16.7. The minimum absolute atomic E-state index is 0.165. The van der Waals surface area contributed by atoms with E-state index in [9.17, 15) is 4.79 Å². The minimum Gasteiger partial charge on any atom is -0.497 e. The van der Waals surface area contributed by atoms with E-state index in [4.69, 9.17) is 37.9 Å². The van der Waals surface area contributed by atoms with Crippen LogP contribution in [-0.4, -0.2) is 61.3 Å². The zero-order chi connectivity index (χ0) is 43.2. The van der Waals surface area contributed by atoms with Gasteiger partial charge < -0.3 is 37.9 Å². The fourth-order valence-electron chi connectivity index (χ4n) is 9.11. The van der Waals surface area contributed by atoms with Gasteiger partial charge in [0.25, 0.3) is 0 Å². The molecule has 0 spiro atoms. The van der Waals surface area contributed by atoms with Gasteiger partial charge in [0, 0.05) is 5.41 Å². The van der Waals surface area contributed by atoms with Crippen molar-refractivity contribution in [2.75, 3.05) is 7.11 Å². The molecule has 8 unspecified atom stereocenters. The van der Waals surface area contributed by atoms with E-state index < -0.39 is 65.0 Å². The lowest BCUT2D eigenvalue weighted by atomic mass is 9.66. The van der Waals surface area contributed by atoms with Gasteiger partial charge in [0.05, 0.1) is 45.6 Å². The van der Waals surface area contributed by atoms with Gasteiger partial charge in [-0.05, 0) is 59.7 Å². The SMILES string of the molecule is COc1ccc(COC2C(OCc3ccccc3)C(OCc3ccccc3)C(OCc3ccccc3)C(OC(=O)C34CCC(C)(C(=O)O3)C4(C)C)C2OCc2ccccc2)cc1. The van der Waals surface area contributed by atoms with E-state index in [1.54, 1.807) is 7.11 Å². The molecule has 2 saturated carbocycles. The monoisotopic (exact) mass is 840 g/mol. The number of hydrogen-bond donors (Lipinski definition) is 0. The van der Waals surface area contributed by atoms with Crippen LogP contribution in [0.5, 0.6) is 5.75 Å². The quantitative estimate of drug-likeness (QED) is 0.0794. The Balaban J connectivity index is 1.24. The molecule has 10 nitrogen and oxygen atoms in total. The maximum atomic E-state index is 15.1. The molecule has 0 radical (unpaired) electrons. The molecule has 5 aromatic carbocycles. The molecule has 3 fully saturated rings. The van der Waals surface area contributed by atoms with Gasteiger partial charge in [-0.25, -0.2) is 4.79 Å². The third-order valence-electron chi connectivity index (χ3n) is 13.3. The number of methoxy groups -OCH3 is 1. The van der Waals surface area contributed by atoms with Crippen LogP contribution in [0.3, 0.4) is 0 Å². The summed E-state index contributed by atoms with van der Waals surface area (Å²) in [6.45, 7) is 6.64. The van der Waals surface area contributed by atoms with Crippen LogP contribution in [0.25, 0.3) is 0 Å². The van der Waals surface area contributed by atoms with Crippen LogP contribution in [0, 0.1) is 10.8 Å². The molecule has 0 N–H and O–H groups in total. The minimum atomic E-state index is -1.52. The Morgan fingerprint density at radius 1 is 0.500 bits per heavy atom. The second-order valence-corrected chi connectivity index (χ2v) is 17.2. The largest absolute Gasteiger partial charge is 0.497 e. The predicted molar refractivity (Wildman–Crippen MR) is 231 cm³/mol. The zero-order valence-electron chi connectivity index (χ0n) is 35.9. The summed E-state index contributed by atoms with van der Waals surface area (Å²) in [4.78, 5) is 28.6. The van der Waals surface area contributed by atoms with E-state index in [1.807, 2.05) is 166 Å². The van der Waals surface area contributed by atoms with Crippen molar-refractivity contribution in [1.29, 1.82) is 0 Å². The highest BCUT2D eigenvalue weighted by Crippen LogP contribution is 2.66. The number of carbonyl (C=O) groups is 2. The normalized spacial score (nSPS) is 27.4. The smallest absolute Gasteiger partial charge is 0.351 e. The molecule has 3 aliphatic rings. The fraction of sp³-hybridized carbons (Fsp3) is 0.385. The lowest BCUT2D eigenvalue weighted by molar-refractivity contribution is -0.289. The number of hydrogen-bond acceptors (Lipinski definition) is 10. The van der Waals surface area contributed by atoms with Crippen molar-refractivity contribution in [3.63, 3.8) is 0 Å². The van der Waals surface area contributed by atoms with Crippen molar-refractivity contribution in [3.8, 4) is 5.75 Å². The van der Waals surface area contributed by atoms with Gasteiger partial charge in [-0.3, -0.25) is 4.79 Å². The van der Waals surface area contributed by atoms with Gasteiger partial charge in [-0.15, -0.1) is 0 Å². The highest BCUT2D eigenvalue weighted by molar-refractivity contribution is 5.93. The first-order valence-electron chi connectivity index (χ1n) is 21.4. The van der Waals surface area contributed by atoms with Crippen LogP contribution >= 0.6 is 0 Å². The van der Waals surface area contributed by atoms with Crippen molar-refractivity contribution in [2.45, 2.75) is 109 Å². The lowest BCUT2D eigenvalue weighted by Crippen LogP contribution is -2.68. The molecule has 2 aliphatic carbocycles. The summed E-state index contributed by atoms with van der Waals surface area (Å²) < 4.78 is 53.3. The highest BCUT2D eigenvalue weighted by Gasteiger charge is 2.77. The average Bonchev–Trinajstić information content (AvgIpc) is 3.60. The third-order valence-corrected chi connectivity index (χ3v) is 13.3. The summed E-state index contributed by atoms with van der Waals surface area (Å²) in [5, 5.41) is 0. The van der Waals surface area contributed by atoms with E-state index in [2.05, 4.69) is 0 Å². The molecule has 2 bridgehead atoms. The fourth-order valence-corrected chi connectivity index (χ4v) is 9.11. The van der Waals surface area contributed by atoms with Crippen molar-refractivity contribution in [3.05, 3.63) is 173 Å². The first-order chi connectivity index (χ1) is 30.1. The number of rotatable bonds is 18. The number of benzene rings is 5. The number of esters is 2. The Bertz CT molecular complexity index is 2220. The summed E-state index contributed by atoms with van der Waals surface area (Å²) in [6, 6.07) is 47.1. The second-order valence-electron chi connectivity index (χ2n) is 17.2. The molecule has 1 heterocycles. The average molecular weight is 841 g/mol. The molecule has 5 aromatic rings. The van der Waals surface area contributed by atoms with E-state index in [0.29, 0.717) is 12.8 Å². The molecule has 62 heavy (non-hydrogen) atoms. The molecular formula is C52H56O10. The Hall–Kier alpha value is -5.36. The Kier molecular flexibility index (Phi) is 13.2. The molecule has 1 saturated heterocycles. The lowest BCUT2D eigenvalue weighted by Gasteiger charge is -2.50. The van der Waals surface area contributed by atoms with Crippen molar-refractivity contribution in [2.24, 2.45) is 10.8 Å². The molecule has 0 aromatic heterocycles. The topological polar surface area (TPSA) is 108 Å². The molecule has 8 atom stereocenters. The molecule has 324 valence electrons. The van der Waals surface area contributed by atoms with E-state index >= 15 is 4.79 Å². The Morgan fingerprint density at radius 3 is 1.15 bits per heavy atom. The Morgan fingerprint density at radius 2 is 0.839 bits per heavy atom. The standard InChI is InChI=1S/C52H56O10/c1-50(2)51(3)29-30-52(50,62-48(51)53)49(54)61-47-45(59-33-38-21-13-7-14-22-38)43(57-32-37-19-11-6-12-20-37)42(56-31-36-17-9-5-10-18-36)44(46(47)60-34-39-23-15-8-16-24-39)58-35-40-25-27-41(55-4)28-26-40/h5-28,42-47H,29-35H2,1-4H3. The summed E-state index contributed by atoms with van der Waals surface area (Å²) >= 11 is 0. The van der Waals surface area contributed by atoms with Gasteiger partial charge in [-0.2, -0.15) is 0 Å². The first-order valence-corrected chi connectivity index (χ1v) is 21.4. The summed E-state index contributed by atoms with van der Waals surface area (Å²) in [7, 11) is 1.63. The molecule has 0 amide bonds. The van der Waals surface area contributed by atoms with Crippen LogP contribution in [0.2, 0.25) is 0 Å². The van der Waals surface area contributed by atoms with Crippen LogP contribution in [-0.2, 0) is 75.8 Å². The van der Waals surface area contributed by atoms with Crippen molar-refractivity contribution in [1.82, 2.24) is 0 Å². The molecule has 1 aliphatic heterocycles. The summed E-state index contributed by atoms with van der Waals surface area (Å²) in [5.41, 5.74) is 1.36. The van der Waals surface area contributed by atoms with Crippen molar-refractivity contribution < 1.29 is 47.5 Å². The maximum Gasteiger partial charge on any atom is 0.351 e. The van der Waals surface area contributed by atoms with Gasteiger partial charge in [0.1, 0.15) is 36.3 Å². The number of ether oxygens (including phenoxy) is 8. The predicted octanol–water partition coefficient (Wildman–Crippen LogP) is 8.97. The van der Waals surface area contributed by atoms with E-state index in [-0.39, 0.29) is 33.0 Å². The van der Waals surface area contributed by atoms with E-state index in [0.717, 1.165) is 33.6 Å². The van der Waals surface area contributed by atoms with Gasteiger partial charge in [-0.1, -0.05) is 147 Å². The molecule has 8 rings (SSSR count). The van der Waals surface area contributed by atoms with Gasteiger partial charge >= 0.3 is 11.9 Å². The van der Waals surface area contributed by atoms with Crippen LogP contribution < -0.4 is 4.74 Å². The van der Waals surface area contributed by atoms with Crippen LogP contribution in [0.4, 0.5) is 0 Å². The number of carbonyl (C=O) groups excluding carboxylic acids is 2. The third kappa shape index (κ3) is 8.80. The van der Waals surface area contributed by atoms with Gasteiger partial charge in [0.2, 0.25) is 5.60 Å². The maximum absolute atomic E-state index is 15.1.